The Hall–Kier alpha value is -4.49. The summed E-state index contributed by atoms with van der Waals surface area (Å²) in [5, 5.41) is 11.3. The number of carbonyl (C=O) groups excluding carboxylic acids is 2. The van der Waals surface area contributed by atoms with Crippen molar-refractivity contribution in [3.8, 4) is 5.69 Å². The topological polar surface area (TPSA) is 139 Å². The molecular weight excluding hydrogens is 546 g/mol. The van der Waals surface area contributed by atoms with Crippen LogP contribution in [0.2, 0.25) is 0 Å². The minimum absolute atomic E-state index is 0.134. The highest BCUT2D eigenvalue weighted by Gasteiger charge is 2.27. The molecule has 4 aromatic rings. The number of nitrogens with zero attached hydrogens (tertiary/aromatic N) is 5. The number of amides is 3. The van der Waals surface area contributed by atoms with Gasteiger partial charge in [-0.15, -0.1) is 0 Å². The van der Waals surface area contributed by atoms with Gasteiger partial charge < -0.3 is 4.74 Å². The van der Waals surface area contributed by atoms with Gasteiger partial charge in [-0.1, -0.05) is 51.1 Å². The van der Waals surface area contributed by atoms with Gasteiger partial charge in [-0.3, -0.25) is 10.6 Å². The fourth-order valence-corrected chi connectivity index (χ4v) is 4.47. The molecule has 0 spiro atoms. The van der Waals surface area contributed by atoms with E-state index in [0.717, 1.165) is 27.9 Å². The van der Waals surface area contributed by atoms with Crippen molar-refractivity contribution in [2.45, 2.75) is 32.8 Å². The molecule has 0 saturated heterocycles. The van der Waals surface area contributed by atoms with Gasteiger partial charge in [0.1, 0.15) is 18.2 Å². The summed E-state index contributed by atoms with van der Waals surface area (Å²) in [6.45, 7) is 5.93. The number of anilines is 2. The van der Waals surface area contributed by atoms with Gasteiger partial charge in [0.15, 0.2) is 0 Å². The second kappa shape index (κ2) is 11.6. The molecule has 0 unspecified atom stereocenters. The lowest BCUT2D eigenvalue weighted by Crippen LogP contribution is -2.41. The summed E-state index contributed by atoms with van der Waals surface area (Å²) in [5.41, 5.74) is 2.53. The van der Waals surface area contributed by atoms with Crippen LogP contribution >= 0.6 is 0 Å². The number of para-hydroxylation sites is 1. The predicted octanol–water partition coefficient (Wildman–Crippen LogP) is 4.74. The first kappa shape index (κ1) is 29.5. The van der Waals surface area contributed by atoms with E-state index in [9.17, 15) is 18.0 Å². The van der Waals surface area contributed by atoms with Crippen molar-refractivity contribution in [1.82, 2.24) is 23.4 Å². The quantitative estimate of drug-likeness (QED) is 0.323. The van der Waals surface area contributed by atoms with Crippen LogP contribution in [0.3, 0.4) is 0 Å². The molecule has 0 bridgehead atoms. The lowest BCUT2D eigenvalue weighted by molar-refractivity contribution is 0.123. The van der Waals surface area contributed by atoms with Crippen molar-refractivity contribution in [3.05, 3.63) is 78.0 Å². The SMILES string of the molecule is CN(C)S(=O)(=O)N(C)C(=O)OCc1ccc(-n2nc(C(C)(C)C)cc2NC(=O)Nc2ccc3ccccc3n2)cc1. The van der Waals surface area contributed by atoms with E-state index < -0.39 is 22.3 Å². The van der Waals surface area contributed by atoms with Gasteiger partial charge >= 0.3 is 22.3 Å². The number of aromatic nitrogens is 3. The lowest BCUT2D eigenvalue weighted by atomic mass is 9.92. The van der Waals surface area contributed by atoms with Crippen molar-refractivity contribution >= 4 is 44.9 Å². The molecule has 0 saturated carbocycles. The zero-order valence-corrected chi connectivity index (χ0v) is 24.6. The summed E-state index contributed by atoms with van der Waals surface area (Å²) in [6, 6.07) is 19.6. The average molecular weight is 580 g/mol. The smallest absolute Gasteiger partial charge is 0.424 e. The summed E-state index contributed by atoms with van der Waals surface area (Å²) in [6.07, 6.45) is -0.997. The number of carbonyl (C=O) groups is 2. The van der Waals surface area contributed by atoms with E-state index in [1.54, 1.807) is 35.0 Å². The summed E-state index contributed by atoms with van der Waals surface area (Å²) < 4.78 is 32.5. The normalized spacial score (nSPS) is 11.9. The van der Waals surface area contributed by atoms with Crippen molar-refractivity contribution in [1.29, 1.82) is 0 Å². The maximum atomic E-state index is 12.9. The molecule has 2 aromatic carbocycles. The summed E-state index contributed by atoms with van der Waals surface area (Å²) >= 11 is 0. The number of hydrogen-bond donors (Lipinski definition) is 2. The van der Waals surface area contributed by atoms with Crippen LogP contribution in [0.25, 0.3) is 16.6 Å². The molecule has 41 heavy (non-hydrogen) atoms. The van der Waals surface area contributed by atoms with Gasteiger partial charge in [-0.05, 0) is 35.9 Å². The molecule has 12 nitrogen and oxygen atoms in total. The maximum Gasteiger partial charge on any atom is 0.424 e. The molecule has 3 amide bonds. The summed E-state index contributed by atoms with van der Waals surface area (Å²) in [7, 11) is -0.160. The van der Waals surface area contributed by atoms with E-state index in [0.29, 0.717) is 27.2 Å². The number of rotatable bonds is 7. The Labute approximate surface area is 239 Å². The molecular formula is C28H33N7O5S. The number of benzene rings is 2. The summed E-state index contributed by atoms with van der Waals surface area (Å²) in [5.74, 6) is 0.856. The summed E-state index contributed by atoms with van der Waals surface area (Å²) in [4.78, 5) is 29.6. The van der Waals surface area contributed by atoms with Crippen molar-refractivity contribution < 1.29 is 22.7 Å². The average Bonchev–Trinajstić information content (AvgIpc) is 3.35. The largest absolute Gasteiger partial charge is 0.444 e. The highest BCUT2D eigenvalue weighted by Crippen LogP contribution is 2.27. The van der Waals surface area contributed by atoms with E-state index in [1.807, 2.05) is 57.2 Å². The first-order valence-corrected chi connectivity index (χ1v) is 14.1. The van der Waals surface area contributed by atoms with Crippen LogP contribution < -0.4 is 10.6 Å². The molecule has 0 radical (unpaired) electrons. The van der Waals surface area contributed by atoms with Crippen LogP contribution in [0.1, 0.15) is 32.0 Å². The van der Waals surface area contributed by atoms with Crippen LogP contribution in [-0.2, 0) is 27.0 Å². The minimum Gasteiger partial charge on any atom is -0.444 e. The molecule has 13 heteroatoms. The van der Waals surface area contributed by atoms with Gasteiger partial charge in [0.25, 0.3) is 0 Å². The van der Waals surface area contributed by atoms with Crippen LogP contribution in [0, 0.1) is 0 Å². The van der Waals surface area contributed by atoms with Crippen LogP contribution in [0.15, 0.2) is 66.7 Å². The van der Waals surface area contributed by atoms with Crippen LogP contribution in [0.4, 0.5) is 21.2 Å². The Morgan fingerprint density at radius 1 is 0.951 bits per heavy atom. The first-order valence-electron chi connectivity index (χ1n) is 12.7. The van der Waals surface area contributed by atoms with E-state index >= 15 is 0 Å². The Bertz CT molecular complexity index is 1680. The number of fused-ring (bicyclic) bond motifs is 1. The molecule has 0 aliphatic carbocycles. The van der Waals surface area contributed by atoms with Crippen LogP contribution in [-0.4, -0.2) is 65.1 Å². The number of urea groups is 1. The first-order chi connectivity index (χ1) is 19.3. The lowest BCUT2D eigenvalue weighted by Gasteiger charge is -2.20. The Morgan fingerprint density at radius 3 is 2.29 bits per heavy atom. The monoisotopic (exact) mass is 579 g/mol. The second-order valence-corrected chi connectivity index (χ2v) is 12.7. The highest BCUT2D eigenvalue weighted by molar-refractivity contribution is 7.87. The minimum atomic E-state index is -3.94. The molecule has 0 fully saturated rings. The van der Waals surface area contributed by atoms with Gasteiger partial charge in [0.05, 0.1) is 16.9 Å². The molecule has 2 aromatic heterocycles. The Balaban J connectivity index is 1.50. The van der Waals surface area contributed by atoms with Gasteiger partial charge in [0.2, 0.25) is 0 Å². The molecule has 2 heterocycles. The van der Waals surface area contributed by atoms with E-state index in [-0.39, 0.29) is 12.0 Å². The Kier molecular flexibility index (Phi) is 8.31. The molecule has 2 N–H and O–H groups in total. The van der Waals surface area contributed by atoms with Gasteiger partial charge in [0, 0.05) is 38.0 Å². The third-order valence-electron chi connectivity index (χ3n) is 6.17. The molecule has 0 aliphatic heterocycles. The fourth-order valence-electron chi connectivity index (χ4n) is 3.74. The van der Waals surface area contributed by atoms with E-state index in [4.69, 9.17) is 9.84 Å². The van der Waals surface area contributed by atoms with Crippen molar-refractivity contribution in [2.75, 3.05) is 31.8 Å². The maximum absolute atomic E-state index is 12.9. The number of nitrogens with one attached hydrogen (secondary N) is 2. The fraction of sp³-hybridized carbons (Fsp3) is 0.286. The Morgan fingerprint density at radius 2 is 1.63 bits per heavy atom. The van der Waals surface area contributed by atoms with Crippen molar-refractivity contribution in [2.24, 2.45) is 0 Å². The molecule has 4 rings (SSSR count). The third-order valence-corrected chi connectivity index (χ3v) is 7.93. The zero-order valence-electron chi connectivity index (χ0n) is 23.7. The highest BCUT2D eigenvalue weighted by atomic mass is 32.2. The number of pyridine rings is 1. The molecule has 0 atom stereocenters. The predicted molar refractivity (Wildman–Crippen MR) is 157 cm³/mol. The van der Waals surface area contributed by atoms with Gasteiger partial charge in [-0.2, -0.15) is 22.1 Å². The van der Waals surface area contributed by atoms with E-state index in [2.05, 4.69) is 15.6 Å². The zero-order chi connectivity index (χ0) is 29.9. The molecule has 0 aliphatic rings. The van der Waals surface area contributed by atoms with E-state index in [1.165, 1.54) is 14.1 Å². The van der Waals surface area contributed by atoms with Crippen molar-refractivity contribution in [3.63, 3.8) is 0 Å². The molecule has 216 valence electrons. The standard InChI is InChI=1S/C28H33N7O5S/c1-28(2,3)23-17-25(31-26(36)30-24-16-13-20-9-7-8-10-22(20)29-24)35(32-23)21-14-11-19(12-15-21)18-40-27(37)34(6)41(38,39)33(4)5/h7-17H,18H2,1-6H3,(H2,29,30,31,36). The third kappa shape index (κ3) is 6.81. The van der Waals surface area contributed by atoms with Gasteiger partial charge in [-0.25, -0.2) is 19.3 Å². The number of hydrogen-bond acceptors (Lipinski definition) is 7. The van der Waals surface area contributed by atoms with Crippen LogP contribution in [0.5, 0.6) is 0 Å². The second-order valence-electron chi connectivity index (χ2n) is 10.5. The number of ether oxygens (including phenoxy) is 1.